The smallest absolute Gasteiger partial charge is 0.479 e. The van der Waals surface area contributed by atoms with Crippen molar-refractivity contribution < 1.29 is 53.1 Å². The summed E-state index contributed by atoms with van der Waals surface area (Å²) in [6.45, 7) is 5.65. The summed E-state index contributed by atoms with van der Waals surface area (Å²) < 4.78 is 29.8. The van der Waals surface area contributed by atoms with E-state index in [0.29, 0.717) is 19.5 Å². The quantitative estimate of drug-likeness (QED) is 0.0657. The number of nitrogens with one attached hydrogen (secondary N) is 3. The number of amides is 3. The number of aliphatic carboxylic acids is 1. The number of hydrogen-bond acceptors (Lipinski definition) is 11. The molecule has 1 aliphatic carbocycles. The molecule has 2 unspecified atom stereocenters. The van der Waals surface area contributed by atoms with E-state index < -0.39 is 76.7 Å². The van der Waals surface area contributed by atoms with Gasteiger partial charge in [0.25, 0.3) is 11.2 Å². The summed E-state index contributed by atoms with van der Waals surface area (Å²) >= 11 is -0.718. The molecule has 0 spiro atoms. The van der Waals surface area contributed by atoms with Crippen molar-refractivity contribution in [1.82, 2.24) is 20.9 Å². The van der Waals surface area contributed by atoms with E-state index in [-0.39, 0.29) is 56.2 Å². The van der Waals surface area contributed by atoms with Crippen LogP contribution in [0.5, 0.6) is 0 Å². The summed E-state index contributed by atoms with van der Waals surface area (Å²) in [7, 11) is -6.31. The van der Waals surface area contributed by atoms with Gasteiger partial charge in [-0.25, -0.2) is 8.00 Å². The SMILES string of the molecule is CC(C)[C@@H]1CC1(NC(=O)[C@@H](Cc1ccccc1)NC(=O)C1=NI=CN=C1)B1OCCN(CCNC(=O)CC(O)(C(=O)O)P(=O)(O)O)CCO1. The van der Waals surface area contributed by atoms with Crippen molar-refractivity contribution in [3.8, 4) is 0 Å². The zero-order valence-corrected chi connectivity index (χ0v) is 30.1. The number of halogens is 1. The van der Waals surface area contributed by atoms with Gasteiger partial charge in [-0.15, -0.1) is 0 Å². The summed E-state index contributed by atoms with van der Waals surface area (Å²) in [5.41, 5.74) is 0.217. The molecule has 0 radical (unpaired) electrons. The van der Waals surface area contributed by atoms with E-state index in [1.165, 1.54) is 6.21 Å². The highest BCUT2D eigenvalue weighted by atomic mass is 127. The Hall–Kier alpha value is -2.91. The van der Waals surface area contributed by atoms with Crippen molar-refractivity contribution in [1.29, 1.82) is 0 Å². The largest absolute Gasteiger partial charge is 0.484 e. The highest BCUT2D eigenvalue weighted by molar-refractivity contribution is 14.2. The second-order valence-electron chi connectivity index (χ2n) is 12.4. The predicted octanol–water partition coefficient (Wildman–Crippen LogP) is -0.751. The summed E-state index contributed by atoms with van der Waals surface area (Å²) in [6, 6.07) is 8.45. The fourth-order valence-corrected chi connectivity index (χ4v) is 7.41. The van der Waals surface area contributed by atoms with E-state index in [0.717, 1.165) is 5.56 Å². The Morgan fingerprint density at radius 2 is 1.84 bits per heavy atom. The van der Waals surface area contributed by atoms with Crippen molar-refractivity contribution in [3.05, 3.63) is 35.9 Å². The lowest BCUT2D eigenvalue weighted by Gasteiger charge is -2.32. The van der Waals surface area contributed by atoms with Gasteiger partial charge in [-0.1, -0.05) is 44.2 Å². The van der Waals surface area contributed by atoms with Gasteiger partial charge in [0, 0.05) is 66.8 Å². The number of nitrogens with zero attached hydrogens (tertiary/aromatic N) is 3. The molecule has 4 rings (SSSR count). The highest BCUT2D eigenvalue weighted by Gasteiger charge is 2.66. The number of aliphatic hydroxyl groups is 1. The molecule has 0 bridgehead atoms. The van der Waals surface area contributed by atoms with Gasteiger partial charge in [-0.05, 0) is 23.8 Å². The van der Waals surface area contributed by atoms with Crippen molar-refractivity contribution in [3.63, 3.8) is 0 Å². The second kappa shape index (κ2) is 16.9. The molecule has 7 N–H and O–H groups in total. The van der Waals surface area contributed by atoms with E-state index in [1.807, 2.05) is 35.2 Å². The Labute approximate surface area is 293 Å². The molecule has 1 aromatic rings. The first-order valence-corrected chi connectivity index (χ1v) is 19.4. The number of benzene rings is 1. The van der Waals surface area contributed by atoms with E-state index in [9.17, 15) is 38.6 Å². The first kappa shape index (κ1) is 38.9. The molecule has 2 fully saturated rings. The van der Waals surface area contributed by atoms with Crippen molar-refractivity contribution in [2.24, 2.45) is 20.0 Å². The zero-order chi connectivity index (χ0) is 35.8. The minimum atomic E-state index is -5.54. The standard InChI is InChI=1S/C29H41BIN6O11P/c1-19(2)21-15-28(21,35-26(40)22(14-20-6-4-3-5-7-20)34-25(39)23-17-32-18-31-36-23)30-47-12-10-37(11-13-48-30)9-8-33-24(38)16-29(43,27(41)42)49(44,45)46/h3-7,17-19,21-22,43H,8-16H2,1-2H3,(H,33,38)(H,34,39)(H,35,40)(H,41,42)(H2,44,45,46)/t21-,22+,28?,29?/m0/s1. The van der Waals surface area contributed by atoms with Crippen molar-refractivity contribution in [2.45, 2.75) is 49.9 Å². The first-order valence-electron chi connectivity index (χ1n) is 15.6. The van der Waals surface area contributed by atoms with Crippen LogP contribution in [0.1, 0.15) is 32.3 Å². The summed E-state index contributed by atoms with van der Waals surface area (Å²) in [5.74, 6) is -3.86. The van der Waals surface area contributed by atoms with Gasteiger partial charge < -0.3 is 45.3 Å². The van der Waals surface area contributed by atoms with Crippen LogP contribution in [0.15, 0.2) is 38.5 Å². The van der Waals surface area contributed by atoms with Crippen LogP contribution in [0.3, 0.4) is 0 Å². The third-order valence-electron chi connectivity index (χ3n) is 8.55. The van der Waals surface area contributed by atoms with Gasteiger partial charge in [-0.2, -0.15) is 0 Å². The molecule has 49 heavy (non-hydrogen) atoms. The van der Waals surface area contributed by atoms with Crippen molar-refractivity contribution >= 4 is 75.5 Å². The Bertz CT molecular complexity index is 1520. The molecule has 1 saturated heterocycles. The number of hydrogen-bond donors (Lipinski definition) is 7. The van der Waals surface area contributed by atoms with Crippen molar-refractivity contribution in [2.75, 3.05) is 39.4 Å². The fourth-order valence-electron chi connectivity index (χ4n) is 5.74. The Morgan fingerprint density at radius 3 is 2.39 bits per heavy atom. The predicted molar refractivity (Wildman–Crippen MR) is 188 cm³/mol. The number of carbonyl (C=O) groups is 4. The van der Waals surface area contributed by atoms with E-state index in [4.69, 9.17) is 14.4 Å². The maximum absolute atomic E-state index is 13.9. The fraction of sp³-hybridized carbons (Fsp3) is 0.552. The molecular formula is C29H41BIN6O11P. The molecule has 1 saturated carbocycles. The van der Waals surface area contributed by atoms with E-state index in [2.05, 4.69) is 38.0 Å². The van der Waals surface area contributed by atoms with Crippen LogP contribution in [0.2, 0.25) is 0 Å². The van der Waals surface area contributed by atoms with Crippen LogP contribution in [0.25, 0.3) is 0 Å². The summed E-state index contributed by atoms with van der Waals surface area (Å²) in [6.07, 6.45) is 0.926. The van der Waals surface area contributed by atoms with Gasteiger partial charge in [0.2, 0.25) is 11.8 Å². The van der Waals surface area contributed by atoms with Crippen LogP contribution >= 0.6 is 28.6 Å². The van der Waals surface area contributed by atoms with E-state index in [1.54, 1.807) is 4.14 Å². The maximum Gasteiger partial charge on any atom is 0.484 e. The highest BCUT2D eigenvalue weighted by Crippen LogP contribution is 2.51. The van der Waals surface area contributed by atoms with Gasteiger partial charge >= 0.3 is 20.7 Å². The molecule has 268 valence electrons. The lowest BCUT2D eigenvalue weighted by molar-refractivity contribution is -0.154. The second-order valence-corrected chi connectivity index (χ2v) is 15.8. The van der Waals surface area contributed by atoms with Gasteiger partial charge in [0.05, 0.1) is 22.2 Å². The number of carbonyl (C=O) groups excluding carboxylic acids is 3. The minimum Gasteiger partial charge on any atom is -0.479 e. The Kier molecular flexibility index (Phi) is 13.4. The number of carboxylic acid groups (broad SMARTS) is 1. The Balaban J connectivity index is 1.36. The van der Waals surface area contributed by atoms with Gasteiger partial charge in [0.15, 0.2) is 5.71 Å². The number of carboxylic acids is 1. The summed E-state index contributed by atoms with van der Waals surface area (Å²) in [5, 5.41) is 23.8. The average molecular weight is 818 g/mol. The maximum atomic E-state index is 13.9. The monoisotopic (exact) mass is 818 g/mol. The van der Waals surface area contributed by atoms with Gasteiger partial charge in [-0.3, -0.25) is 28.8 Å². The molecule has 2 heterocycles. The average Bonchev–Trinajstić information content (AvgIpc) is 3.77. The third-order valence-corrected chi connectivity index (χ3v) is 11.2. The van der Waals surface area contributed by atoms with Crippen LogP contribution in [0, 0.1) is 11.8 Å². The molecule has 4 atom stereocenters. The number of aliphatic imine (C=N–C) groups is 1. The molecule has 1 aromatic carbocycles. The molecule has 3 aliphatic rings. The van der Waals surface area contributed by atoms with E-state index >= 15 is 0 Å². The normalized spacial score (nSPS) is 23.2. The van der Waals surface area contributed by atoms with Crippen LogP contribution in [-0.2, 0) is 39.5 Å². The molecule has 17 nitrogen and oxygen atoms in total. The molecule has 0 aromatic heterocycles. The summed E-state index contributed by atoms with van der Waals surface area (Å²) in [4.78, 5) is 74.8. The van der Waals surface area contributed by atoms with Crippen LogP contribution < -0.4 is 16.0 Å². The van der Waals surface area contributed by atoms with Gasteiger partial charge in [0.1, 0.15) is 6.04 Å². The molecule has 20 heteroatoms. The third kappa shape index (κ3) is 10.1. The first-order chi connectivity index (χ1) is 23.2. The Morgan fingerprint density at radius 1 is 1.16 bits per heavy atom. The van der Waals surface area contributed by atoms with Crippen LogP contribution in [-0.4, -0.2) is 128 Å². The molecule has 3 amide bonds. The number of rotatable bonds is 15. The molecular weight excluding hydrogens is 777 g/mol. The minimum absolute atomic E-state index is 0.00132. The zero-order valence-electron chi connectivity index (χ0n) is 27.0. The van der Waals surface area contributed by atoms with Crippen LogP contribution in [0.4, 0.5) is 0 Å². The lowest BCUT2D eigenvalue weighted by atomic mass is 9.71. The topological polar surface area (TPSA) is 249 Å². The lowest BCUT2D eigenvalue weighted by Crippen LogP contribution is -2.60. The molecule has 2 aliphatic heterocycles.